The molecule has 130 valence electrons. The predicted molar refractivity (Wildman–Crippen MR) is 101 cm³/mol. The van der Waals surface area contributed by atoms with Gasteiger partial charge in [-0.1, -0.05) is 11.6 Å². The van der Waals surface area contributed by atoms with Gasteiger partial charge in [0.2, 0.25) is 5.78 Å². The number of nitrogens with zero attached hydrogens (tertiary/aromatic N) is 3. The van der Waals surface area contributed by atoms with Crippen LogP contribution in [0.5, 0.6) is 0 Å². The molecule has 2 aliphatic heterocycles. The highest BCUT2D eigenvalue weighted by atomic mass is 16.1. The Morgan fingerprint density at radius 1 is 1.04 bits per heavy atom. The number of aryl methyl sites for hydroxylation is 1. The number of fused-ring (bicyclic) bond motifs is 4. The lowest BCUT2D eigenvalue weighted by Gasteiger charge is -2.29. The van der Waals surface area contributed by atoms with E-state index >= 15 is 0 Å². The van der Waals surface area contributed by atoms with E-state index in [1.807, 2.05) is 43.3 Å². The summed E-state index contributed by atoms with van der Waals surface area (Å²) in [6.07, 6.45) is 0. The molecule has 0 unspecified atom stereocenters. The van der Waals surface area contributed by atoms with Crippen LogP contribution in [0.3, 0.4) is 0 Å². The fourth-order valence-electron chi connectivity index (χ4n) is 3.82. The molecule has 2 aliphatic rings. The Morgan fingerprint density at radius 3 is 2.65 bits per heavy atom. The van der Waals surface area contributed by atoms with E-state index in [-0.39, 0.29) is 17.2 Å². The topological polar surface area (TPSA) is 67.2 Å². The van der Waals surface area contributed by atoms with E-state index in [2.05, 4.69) is 15.2 Å². The molecule has 0 spiro atoms. The fourth-order valence-corrected chi connectivity index (χ4v) is 3.82. The minimum atomic E-state index is -0.186. The van der Waals surface area contributed by atoms with Crippen molar-refractivity contribution in [2.75, 3.05) is 31.1 Å². The summed E-state index contributed by atoms with van der Waals surface area (Å²) in [7, 11) is 0. The average Bonchev–Trinajstić information content (AvgIpc) is 2.94. The molecular weight excluding hydrogens is 328 g/mol. The van der Waals surface area contributed by atoms with Crippen LogP contribution in [0.25, 0.3) is 16.6 Å². The number of aromatic nitrogens is 2. The first-order valence-electron chi connectivity index (χ1n) is 8.82. The zero-order valence-electron chi connectivity index (χ0n) is 14.5. The summed E-state index contributed by atoms with van der Waals surface area (Å²) in [5.41, 5.74) is 3.57. The van der Waals surface area contributed by atoms with Gasteiger partial charge in [0.25, 0.3) is 5.56 Å². The zero-order chi connectivity index (χ0) is 17.8. The number of hydrogen-bond donors (Lipinski definition) is 1. The van der Waals surface area contributed by atoms with Crippen LogP contribution in [-0.4, -0.2) is 41.5 Å². The Labute approximate surface area is 150 Å². The summed E-state index contributed by atoms with van der Waals surface area (Å²) in [6, 6.07) is 11.3. The van der Waals surface area contributed by atoms with Crippen LogP contribution in [0, 0.1) is 6.92 Å². The monoisotopic (exact) mass is 346 g/mol. The van der Waals surface area contributed by atoms with Gasteiger partial charge in [-0.15, -0.1) is 0 Å². The van der Waals surface area contributed by atoms with Crippen LogP contribution in [0.15, 0.2) is 41.2 Å². The summed E-state index contributed by atoms with van der Waals surface area (Å²) in [6.45, 7) is 5.61. The Kier molecular flexibility index (Phi) is 3.24. The van der Waals surface area contributed by atoms with Crippen molar-refractivity contribution in [3.63, 3.8) is 0 Å². The maximum Gasteiger partial charge on any atom is 0.266 e. The lowest BCUT2D eigenvalue weighted by atomic mass is 10.1. The van der Waals surface area contributed by atoms with E-state index in [9.17, 15) is 9.59 Å². The van der Waals surface area contributed by atoms with Crippen molar-refractivity contribution in [2.45, 2.75) is 6.92 Å². The second-order valence-corrected chi connectivity index (χ2v) is 6.86. The fraction of sp³-hybridized carbons (Fsp3) is 0.250. The molecule has 1 fully saturated rings. The Bertz CT molecular complexity index is 1130. The molecule has 0 atom stereocenters. The van der Waals surface area contributed by atoms with E-state index in [0.717, 1.165) is 37.4 Å². The van der Waals surface area contributed by atoms with Crippen LogP contribution < -0.4 is 15.8 Å². The first-order valence-corrected chi connectivity index (χ1v) is 8.82. The normalized spacial score (nSPS) is 16.0. The SMILES string of the molecule is Cc1ccc2c(c1)C(=O)c1nc3ccc(N4CCNCC4)cc3c(=O)n1-2. The predicted octanol–water partition coefficient (Wildman–Crippen LogP) is 1.65. The second kappa shape index (κ2) is 5.51. The van der Waals surface area contributed by atoms with Crippen LogP contribution in [-0.2, 0) is 0 Å². The molecule has 3 heterocycles. The largest absolute Gasteiger partial charge is 0.369 e. The standard InChI is InChI=1S/C20H18N4O2/c1-12-2-5-17-15(10-12)18(25)19-22-16-4-3-13(23-8-6-21-7-9-23)11-14(16)20(26)24(17)19/h2-5,10-11,21H,6-9H2,1H3. The number of carbonyl (C=O) groups excluding carboxylic acids is 1. The van der Waals surface area contributed by atoms with E-state index in [1.165, 1.54) is 4.57 Å². The number of carbonyl (C=O) groups is 1. The van der Waals surface area contributed by atoms with Gasteiger partial charge in [0, 0.05) is 31.9 Å². The molecule has 0 saturated carbocycles. The molecular formula is C20H18N4O2. The van der Waals surface area contributed by atoms with Crippen LogP contribution in [0.1, 0.15) is 21.7 Å². The van der Waals surface area contributed by atoms with Gasteiger partial charge in [0.05, 0.1) is 22.2 Å². The third kappa shape index (κ3) is 2.12. The summed E-state index contributed by atoms with van der Waals surface area (Å²) in [4.78, 5) is 32.7. The minimum Gasteiger partial charge on any atom is -0.369 e. The number of anilines is 1. The summed E-state index contributed by atoms with van der Waals surface area (Å²) in [5, 5.41) is 3.88. The van der Waals surface area contributed by atoms with Gasteiger partial charge in [-0.05, 0) is 37.3 Å². The van der Waals surface area contributed by atoms with E-state index in [1.54, 1.807) is 0 Å². The van der Waals surface area contributed by atoms with Crippen molar-refractivity contribution >= 4 is 22.4 Å². The first kappa shape index (κ1) is 15.3. The molecule has 26 heavy (non-hydrogen) atoms. The molecule has 1 aromatic heterocycles. The van der Waals surface area contributed by atoms with Crippen molar-refractivity contribution < 1.29 is 4.79 Å². The van der Waals surface area contributed by atoms with E-state index in [4.69, 9.17) is 0 Å². The highest BCUT2D eigenvalue weighted by Gasteiger charge is 2.30. The number of piperazine rings is 1. The minimum absolute atomic E-state index is 0.182. The third-order valence-electron chi connectivity index (χ3n) is 5.17. The number of benzene rings is 2. The number of ketones is 1. The van der Waals surface area contributed by atoms with Crippen LogP contribution in [0.2, 0.25) is 0 Å². The lowest BCUT2D eigenvalue weighted by Crippen LogP contribution is -2.43. The van der Waals surface area contributed by atoms with Crippen molar-refractivity contribution in [3.05, 3.63) is 63.7 Å². The van der Waals surface area contributed by atoms with Gasteiger partial charge in [-0.25, -0.2) is 4.98 Å². The molecule has 0 aliphatic carbocycles. The number of nitrogens with one attached hydrogen (secondary N) is 1. The molecule has 0 radical (unpaired) electrons. The molecule has 6 nitrogen and oxygen atoms in total. The molecule has 1 N–H and O–H groups in total. The Balaban J connectivity index is 1.73. The average molecular weight is 346 g/mol. The number of rotatable bonds is 1. The molecule has 1 saturated heterocycles. The molecule has 5 rings (SSSR count). The van der Waals surface area contributed by atoms with Crippen molar-refractivity contribution in [1.82, 2.24) is 14.9 Å². The van der Waals surface area contributed by atoms with Crippen LogP contribution >= 0.6 is 0 Å². The second-order valence-electron chi connectivity index (χ2n) is 6.86. The summed E-state index contributed by atoms with van der Waals surface area (Å²) in [5.74, 6) is 0.0203. The van der Waals surface area contributed by atoms with Gasteiger partial charge in [0.1, 0.15) is 0 Å². The summed E-state index contributed by atoms with van der Waals surface area (Å²) >= 11 is 0. The smallest absolute Gasteiger partial charge is 0.266 e. The number of hydrogen-bond acceptors (Lipinski definition) is 5. The van der Waals surface area contributed by atoms with Crippen LogP contribution in [0.4, 0.5) is 5.69 Å². The van der Waals surface area contributed by atoms with Gasteiger partial charge < -0.3 is 10.2 Å². The highest BCUT2D eigenvalue weighted by Crippen LogP contribution is 2.28. The molecule has 0 amide bonds. The molecule has 2 aromatic carbocycles. The maximum atomic E-state index is 13.2. The van der Waals surface area contributed by atoms with Crippen molar-refractivity contribution in [2.24, 2.45) is 0 Å². The zero-order valence-corrected chi connectivity index (χ0v) is 14.5. The maximum absolute atomic E-state index is 13.2. The van der Waals surface area contributed by atoms with E-state index < -0.39 is 0 Å². The molecule has 0 bridgehead atoms. The Hall–Kier alpha value is -2.99. The summed E-state index contributed by atoms with van der Waals surface area (Å²) < 4.78 is 1.46. The van der Waals surface area contributed by atoms with Gasteiger partial charge in [-0.2, -0.15) is 0 Å². The third-order valence-corrected chi connectivity index (χ3v) is 5.17. The first-order chi connectivity index (χ1) is 12.6. The van der Waals surface area contributed by atoms with Crippen molar-refractivity contribution in [1.29, 1.82) is 0 Å². The lowest BCUT2D eigenvalue weighted by molar-refractivity contribution is 0.103. The highest BCUT2D eigenvalue weighted by molar-refractivity contribution is 6.13. The van der Waals surface area contributed by atoms with E-state index in [0.29, 0.717) is 22.2 Å². The van der Waals surface area contributed by atoms with Crippen molar-refractivity contribution in [3.8, 4) is 5.69 Å². The quantitative estimate of drug-likeness (QED) is 0.568. The molecule has 3 aromatic rings. The molecule has 6 heteroatoms. The van der Waals surface area contributed by atoms with Gasteiger partial charge in [0.15, 0.2) is 5.82 Å². The Morgan fingerprint density at radius 2 is 1.85 bits per heavy atom. The van der Waals surface area contributed by atoms with Gasteiger partial charge >= 0.3 is 0 Å². The van der Waals surface area contributed by atoms with Gasteiger partial charge in [-0.3, -0.25) is 14.2 Å².